The molecule has 1 rings (SSSR count). The van der Waals surface area contributed by atoms with Crippen molar-refractivity contribution in [3.8, 4) is 0 Å². The van der Waals surface area contributed by atoms with Crippen LogP contribution in [0, 0.1) is 0 Å². The van der Waals surface area contributed by atoms with Gasteiger partial charge in [-0.1, -0.05) is 49.4 Å². The van der Waals surface area contributed by atoms with Crippen LogP contribution in [0.15, 0.2) is 36.4 Å². The van der Waals surface area contributed by atoms with Gasteiger partial charge in [0, 0.05) is 0 Å². The lowest BCUT2D eigenvalue weighted by Crippen LogP contribution is -2.18. The molecule has 1 N–H and O–H groups in total. The molecule has 1 nitrogen and oxygen atoms in total. The minimum absolute atomic E-state index is 0.685. The lowest BCUT2D eigenvalue weighted by atomic mass is 10.0. The van der Waals surface area contributed by atoms with Crippen molar-refractivity contribution in [1.82, 2.24) is 0 Å². The van der Waals surface area contributed by atoms with Gasteiger partial charge in [-0.05, 0) is 18.9 Å². The third-order valence-electron chi connectivity index (χ3n) is 2.15. The SMILES string of the molecule is CC[C@@](C)(O)/C=C/c1ccccc1. The summed E-state index contributed by atoms with van der Waals surface area (Å²) in [6.07, 6.45) is 4.52. The van der Waals surface area contributed by atoms with Gasteiger partial charge >= 0.3 is 0 Å². The standard InChI is InChI=1S/C12H16O/c1-3-12(2,13)10-9-11-7-5-4-6-8-11/h4-10,13H,3H2,1-2H3/b10-9+/t12-/m1/s1. The predicted octanol–water partition coefficient (Wildman–Crippen LogP) is 2.86. The van der Waals surface area contributed by atoms with Crippen molar-refractivity contribution in [1.29, 1.82) is 0 Å². The van der Waals surface area contributed by atoms with E-state index in [2.05, 4.69) is 0 Å². The molecule has 0 saturated heterocycles. The van der Waals surface area contributed by atoms with Gasteiger partial charge in [0.1, 0.15) is 0 Å². The average molecular weight is 176 g/mol. The Bertz CT molecular complexity index is 272. The van der Waals surface area contributed by atoms with E-state index in [1.165, 1.54) is 0 Å². The molecule has 70 valence electrons. The van der Waals surface area contributed by atoms with E-state index >= 15 is 0 Å². The van der Waals surface area contributed by atoms with Crippen LogP contribution in [0.3, 0.4) is 0 Å². The Kier molecular flexibility index (Phi) is 3.26. The Morgan fingerprint density at radius 1 is 1.31 bits per heavy atom. The van der Waals surface area contributed by atoms with E-state index in [4.69, 9.17) is 0 Å². The summed E-state index contributed by atoms with van der Waals surface area (Å²) in [5.74, 6) is 0. The predicted molar refractivity (Wildman–Crippen MR) is 56.4 cm³/mol. The number of benzene rings is 1. The first-order valence-corrected chi connectivity index (χ1v) is 4.61. The van der Waals surface area contributed by atoms with Crippen LogP contribution in [0.2, 0.25) is 0 Å². The third-order valence-corrected chi connectivity index (χ3v) is 2.15. The van der Waals surface area contributed by atoms with E-state index in [-0.39, 0.29) is 0 Å². The highest BCUT2D eigenvalue weighted by Crippen LogP contribution is 2.12. The summed E-state index contributed by atoms with van der Waals surface area (Å²) in [7, 11) is 0. The maximum atomic E-state index is 9.70. The zero-order chi connectivity index (χ0) is 9.73. The van der Waals surface area contributed by atoms with Gasteiger partial charge in [0.15, 0.2) is 0 Å². The van der Waals surface area contributed by atoms with Crippen LogP contribution in [-0.4, -0.2) is 10.7 Å². The van der Waals surface area contributed by atoms with Crippen molar-refractivity contribution >= 4 is 6.08 Å². The maximum absolute atomic E-state index is 9.70. The molecule has 0 saturated carbocycles. The van der Waals surface area contributed by atoms with Gasteiger partial charge < -0.3 is 5.11 Å². The van der Waals surface area contributed by atoms with E-state index in [1.807, 2.05) is 56.3 Å². The van der Waals surface area contributed by atoms with Crippen LogP contribution in [0.5, 0.6) is 0 Å². The fraction of sp³-hybridized carbons (Fsp3) is 0.333. The maximum Gasteiger partial charge on any atom is 0.0800 e. The van der Waals surface area contributed by atoms with Gasteiger partial charge in [-0.2, -0.15) is 0 Å². The summed E-state index contributed by atoms with van der Waals surface area (Å²) in [5.41, 5.74) is 0.437. The number of rotatable bonds is 3. The van der Waals surface area contributed by atoms with Crippen molar-refractivity contribution < 1.29 is 5.11 Å². The van der Waals surface area contributed by atoms with Crippen LogP contribution in [0.1, 0.15) is 25.8 Å². The fourth-order valence-electron chi connectivity index (χ4n) is 0.958. The summed E-state index contributed by atoms with van der Waals surface area (Å²) in [5, 5.41) is 9.70. The largest absolute Gasteiger partial charge is 0.386 e. The summed E-state index contributed by atoms with van der Waals surface area (Å²) in [6.45, 7) is 3.78. The van der Waals surface area contributed by atoms with Crippen molar-refractivity contribution in [3.63, 3.8) is 0 Å². The van der Waals surface area contributed by atoms with Gasteiger partial charge in [-0.3, -0.25) is 0 Å². The van der Waals surface area contributed by atoms with Crippen molar-refractivity contribution in [2.24, 2.45) is 0 Å². The lowest BCUT2D eigenvalue weighted by molar-refractivity contribution is 0.108. The smallest absolute Gasteiger partial charge is 0.0800 e. The molecule has 1 aromatic carbocycles. The minimum atomic E-state index is -0.685. The number of hydrogen-bond acceptors (Lipinski definition) is 1. The first-order chi connectivity index (χ1) is 6.14. The molecule has 0 spiro atoms. The van der Waals surface area contributed by atoms with E-state index in [0.717, 1.165) is 12.0 Å². The zero-order valence-corrected chi connectivity index (χ0v) is 8.20. The molecule has 0 bridgehead atoms. The molecule has 0 amide bonds. The van der Waals surface area contributed by atoms with Crippen LogP contribution in [0.4, 0.5) is 0 Å². The van der Waals surface area contributed by atoms with Crippen LogP contribution < -0.4 is 0 Å². The Hall–Kier alpha value is -1.08. The third kappa shape index (κ3) is 3.43. The Balaban J connectivity index is 2.69. The molecule has 13 heavy (non-hydrogen) atoms. The van der Waals surface area contributed by atoms with E-state index in [9.17, 15) is 5.11 Å². The van der Waals surface area contributed by atoms with Crippen molar-refractivity contribution in [2.75, 3.05) is 0 Å². The van der Waals surface area contributed by atoms with Gasteiger partial charge in [0.2, 0.25) is 0 Å². The van der Waals surface area contributed by atoms with Crippen molar-refractivity contribution in [3.05, 3.63) is 42.0 Å². The van der Waals surface area contributed by atoms with Gasteiger partial charge in [0.05, 0.1) is 5.60 Å². The number of hydrogen-bond donors (Lipinski definition) is 1. The lowest BCUT2D eigenvalue weighted by Gasteiger charge is -2.15. The Morgan fingerprint density at radius 3 is 2.46 bits per heavy atom. The highest BCUT2D eigenvalue weighted by Gasteiger charge is 2.11. The summed E-state index contributed by atoms with van der Waals surface area (Å²) >= 11 is 0. The highest BCUT2D eigenvalue weighted by molar-refractivity contribution is 5.49. The Labute approximate surface area is 79.7 Å². The molecule has 1 atom stereocenters. The topological polar surface area (TPSA) is 20.2 Å². The van der Waals surface area contributed by atoms with E-state index in [1.54, 1.807) is 0 Å². The minimum Gasteiger partial charge on any atom is -0.386 e. The van der Waals surface area contributed by atoms with Gasteiger partial charge in [0.25, 0.3) is 0 Å². The fourth-order valence-corrected chi connectivity index (χ4v) is 0.958. The molecule has 0 aliphatic carbocycles. The summed E-state index contributed by atoms with van der Waals surface area (Å²) < 4.78 is 0. The second kappa shape index (κ2) is 4.24. The molecular weight excluding hydrogens is 160 g/mol. The van der Waals surface area contributed by atoms with Gasteiger partial charge in [-0.25, -0.2) is 0 Å². The molecule has 0 fully saturated rings. The molecule has 0 aliphatic rings. The molecule has 0 radical (unpaired) electrons. The molecule has 0 unspecified atom stereocenters. The highest BCUT2D eigenvalue weighted by atomic mass is 16.3. The molecule has 0 aliphatic heterocycles. The molecule has 1 aromatic rings. The second-order valence-corrected chi connectivity index (χ2v) is 3.45. The van der Waals surface area contributed by atoms with Crippen LogP contribution >= 0.6 is 0 Å². The monoisotopic (exact) mass is 176 g/mol. The van der Waals surface area contributed by atoms with E-state index < -0.39 is 5.60 Å². The van der Waals surface area contributed by atoms with Gasteiger partial charge in [-0.15, -0.1) is 0 Å². The molecule has 0 aromatic heterocycles. The van der Waals surface area contributed by atoms with Crippen LogP contribution in [0.25, 0.3) is 6.08 Å². The Morgan fingerprint density at radius 2 is 1.92 bits per heavy atom. The first kappa shape index (κ1) is 10.0. The van der Waals surface area contributed by atoms with E-state index in [0.29, 0.717) is 0 Å². The zero-order valence-electron chi connectivity index (χ0n) is 8.20. The summed E-state index contributed by atoms with van der Waals surface area (Å²) in [6, 6.07) is 9.99. The molecule has 1 heteroatoms. The summed E-state index contributed by atoms with van der Waals surface area (Å²) in [4.78, 5) is 0. The molecular formula is C12H16O. The quantitative estimate of drug-likeness (QED) is 0.750. The second-order valence-electron chi connectivity index (χ2n) is 3.45. The molecule has 0 heterocycles. The average Bonchev–Trinajstić information content (AvgIpc) is 2.17. The van der Waals surface area contributed by atoms with Crippen molar-refractivity contribution in [2.45, 2.75) is 25.9 Å². The first-order valence-electron chi connectivity index (χ1n) is 4.61. The normalized spacial score (nSPS) is 15.9. The van der Waals surface area contributed by atoms with Crippen LogP contribution in [-0.2, 0) is 0 Å². The number of aliphatic hydroxyl groups is 1.